The van der Waals surface area contributed by atoms with E-state index < -0.39 is 11.7 Å². The lowest BCUT2D eigenvalue weighted by molar-refractivity contribution is -0.137. The molecule has 2 nitrogen and oxygen atoms in total. The Morgan fingerprint density at radius 3 is 2.15 bits per heavy atom. The van der Waals surface area contributed by atoms with Crippen molar-refractivity contribution < 1.29 is 13.2 Å². The van der Waals surface area contributed by atoms with Crippen LogP contribution in [0.2, 0.25) is 5.02 Å². The average Bonchev–Trinajstić information content (AvgIpc) is 2.67. The Balaban J connectivity index is 1.84. The molecule has 27 heavy (non-hydrogen) atoms. The molecule has 0 saturated carbocycles. The van der Waals surface area contributed by atoms with E-state index in [1.165, 1.54) is 6.07 Å². The third-order valence-corrected chi connectivity index (χ3v) is 4.14. The van der Waals surface area contributed by atoms with Gasteiger partial charge in [0, 0.05) is 16.8 Å². The molecule has 3 rings (SSSR count). The second kappa shape index (κ2) is 7.65. The van der Waals surface area contributed by atoms with Crippen molar-refractivity contribution in [2.45, 2.75) is 6.18 Å². The summed E-state index contributed by atoms with van der Waals surface area (Å²) in [6, 6.07) is 18.5. The van der Waals surface area contributed by atoms with Gasteiger partial charge in [0.05, 0.1) is 22.9 Å². The van der Waals surface area contributed by atoms with Crippen LogP contribution in [-0.2, 0) is 6.18 Å². The minimum absolute atomic E-state index is 0.441. The lowest BCUT2D eigenvalue weighted by atomic mass is 10.0. The molecule has 0 atom stereocenters. The van der Waals surface area contributed by atoms with E-state index in [0.29, 0.717) is 21.9 Å². The summed E-state index contributed by atoms with van der Waals surface area (Å²) in [4.78, 5) is 3.88. The van der Waals surface area contributed by atoms with Gasteiger partial charge in [-0.15, -0.1) is 0 Å². The first-order valence-corrected chi connectivity index (χ1v) is 8.26. The van der Waals surface area contributed by atoms with Gasteiger partial charge in [-0.3, -0.25) is 4.98 Å². The maximum Gasteiger partial charge on any atom is 0.417 e. The summed E-state index contributed by atoms with van der Waals surface area (Å²) in [6.45, 7) is 0. The number of benzene rings is 2. The highest BCUT2D eigenvalue weighted by molar-refractivity contribution is 6.30. The number of allylic oxidation sites excluding steroid dienone is 1. The van der Waals surface area contributed by atoms with Crippen molar-refractivity contribution in [3.8, 4) is 17.3 Å². The number of pyridine rings is 1. The second-order valence-electron chi connectivity index (χ2n) is 5.73. The van der Waals surface area contributed by atoms with Gasteiger partial charge in [-0.2, -0.15) is 18.4 Å². The van der Waals surface area contributed by atoms with Crippen molar-refractivity contribution in [1.29, 1.82) is 5.26 Å². The van der Waals surface area contributed by atoms with Gasteiger partial charge >= 0.3 is 6.18 Å². The maximum absolute atomic E-state index is 12.6. The normalized spacial score (nSPS) is 11.9. The van der Waals surface area contributed by atoms with Crippen LogP contribution in [0.1, 0.15) is 16.7 Å². The van der Waals surface area contributed by atoms with Crippen molar-refractivity contribution >= 4 is 23.3 Å². The molecule has 1 aromatic heterocycles. The quantitative estimate of drug-likeness (QED) is 0.382. The summed E-state index contributed by atoms with van der Waals surface area (Å²) in [5, 5.41) is 9.97. The van der Waals surface area contributed by atoms with Crippen LogP contribution in [0.3, 0.4) is 0 Å². The van der Waals surface area contributed by atoms with Gasteiger partial charge in [-0.25, -0.2) is 0 Å². The molecular formula is C21H12ClF3N2. The third-order valence-electron chi connectivity index (χ3n) is 3.88. The van der Waals surface area contributed by atoms with Crippen LogP contribution in [-0.4, -0.2) is 4.98 Å². The Morgan fingerprint density at radius 1 is 0.963 bits per heavy atom. The highest BCUT2D eigenvalue weighted by Gasteiger charge is 2.30. The molecule has 0 bridgehead atoms. The van der Waals surface area contributed by atoms with E-state index in [1.54, 1.807) is 54.6 Å². The number of nitrogens with zero attached hydrogens (tertiary/aromatic N) is 2. The molecule has 0 radical (unpaired) electrons. The molecule has 0 N–H and O–H groups in total. The number of halogens is 4. The summed E-state index contributed by atoms with van der Waals surface area (Å²) in [7, 11) is 0. The first-order chi connectivity index (χ1) is 12.9. The Bertz CT molecular complexity index is 998. The molecule has 0 saturated heterocycles. The molecule has 0 amide bonds. The van der Waals surface area contributed by atoms with Gasteiger partial charge in [-0.1, -0.05) is 48.0 Å². The molecule has 6 heteroatoms. The first kappa shape index (κ1) is 18.7. The van der Waals surface area contributed by atoms with E-state index in [-0.39, 0.29) is 0 Å². The van der Waals surface area contributed by atoms with Crippen LogP contribution in [0.15, 0.2) is 66.9 Å². The number of alkyl halides is 3. The van der Waals surface area contributed by atoms with Gasteiger partial charge in [0.2, 0.25) is 0 Å². The van der Waals surface area contributed by atoms with Crippen LogP contribution in [0.5, 0.6) is 0 Å². The van der Waals surface area contributed by atoms with Crippen molar-refractivity contribution in [2.24, 2.45) is 0 Å². The average molecular weight is 385 g/mol. The van der Waals surface area contributed by atoms with Gasteiger partial charge in [0.25, 0.3) is 0 Å². The smallest absolute Gasteiger partial charge is 0.256 e. The minimum atomic E-state index is -4.41. The van der Waals surface area contributed by atoms with Crippen molar-refractivity contribution in [1.82, 2.24) is 4.98 Å². The van der Waals surface area contributed by atoms with Gasteiger partial charge in [0.15, 0.2) is 0 Å². The lowest BCUT2D eigenvalue weighted by Crippen LogP contribution is -2.05. The summed E-state index contributed by atoms with van der Waals surface area (Å²) >= 11 is 5.86. The molecule has 0 aliphatic rings. The summed E-state index contributed by atoms with van der Waals surface area (Å²) in [6.07, 6.45) is -1.86. The molecule has 0 aliphatic heterocycles. The molecule has 3 aromatic rings. The Labute approximate surface area is 159 Å². The van der Waals surface area contributed by atoms with Gasteiger partial charge < -0.3 is 0 Å². The van der Waals surface area contributed by atoms with Gasteiger partial charge in [0.1, 0.15) is 0 Å². The van der Waals surface area contributed by atoms with Crippen LogP contribution >= 0.6 is 11.6 Å². The first-order valence-electron chi connectivity index (χ1n) is 7.88. The van der Waals surface area contributed by atoms with E-state index >= 15 is 0 Å². The Hall–Kier alpha value is -3.10. The minimum Gasteiger partial charge on any atom is -0.256 e. The zero-order valence-corrected chi connectivity index (χ0v) is 14.6. The fourth-order valence-electron chi connectivity index (χ4n) is 2.46. The summed E-state index contributed by atoms with van der Waals surface area (Å²) in [5.41, 5.74) is 2.36. The fraction of sp³-hybridized carbons (Fsp3) is 0.0476. The SMILES string of the molecule is N#C/C(=C\c1ccc(-c2ccc(C(F)(F)F)cn2)cc1)c1ccc(Cl)cc1. The van der Waals surface area contributed by atoms with E-state index in [0.717, 1.165) is 23.4 Å². The third kappa shape index (κ3) is 4.55. The van der Waals surface area contributed by atoms with Crippen molar-refractivity contribution in [2.75, 3.05) is 0 Å². The zero-order valence-electron chi connectivity index (χ0n) is 13.8. The van der Waals surface area contributed by atoms with Crippen molar-refractivity contribution in [3.05, 3.63) is 88.6 Å². The molecule has 0 fully saturated rings. The number of nitriles is 1. The summed E-state index contributed by atoms with van der Waals surface area (Å²) < 4.78 is 37.8. The lowest BCUT2D eigenvalue weighted by Gasteiger charge is -2.07. The Morgan fingerprint density at radius 2 is 1.63 bits per heavy atom. The maximum atomic E-state index is 12.6. The van der Waals surface area contributed by atoms with Crippen LogP contribution in [0.25, 0.3) is 22.9 Å². The molecule has 134 valence electrons. The molecule has 2 aromatic carbocycles. The number of hydrogen-bond acceptors (Lipinski definition) is 2. The topological polar surface area (TPSA) is 36.7 Å². The predicted octanol–water partition coefficient (Wildman–Crippen LogP) is 6.48. The van der Waals surface area contributed by atoms with E-state index in [9.17, 15) is 18.4 Å². The van der Waals surface area contributed by atoms with Crippen molar-refractivity contribution in [3.63, 3.8) is 0 Å². The largest absolute Gasteiger partial charge is 0.417 e. The number of hydrogen-bond donors (Lipinski definition) is 0. The second-order valence-corrected chi connectivity index (χ2v) is 6.17. The highest BCUT2D eigenvalue weighted by Crippen LogP contribution is 2.30. The van der Waals surface area contributed by atoms with Crippen LogP contribution in [0.4, 0.5) is 13.2 Å². The predicted molar refractivity (Wildman–Crippen MR) is 99.6 cm³/mol. The summed E-state index contributed by atoms with van der Waals surface area (Å²) in [5.74, 6) is 0. The molecule has 0 spiro atoms. The highest BCUT2D eigenvalue weighted by atomic mass is 35.5. The zero-order chi connectivity index (χ0) is 19.4. The molecular weight excluding hydrogens is 373 g/mol. The Kier molecular flexibility index (Phi) is 5.29. The molecule has 0 aliphatic carbocycles. The fourth-order valence-corrected chi connectivity index (χ4v) is 2.58. The molecule has 0 unspecified atom stereocenters. The monoisotopic (exact) mass is 384 g/mol. The number of aromatic nitrogens is 1. The van der Waals surface area contributed by atoms with E-state index in [2.05, 4.69) is 11.1 Å². The van der Waals surface area contributed by atoms with Crippen LogP contribution < -0.4 is 0 Å². The van der Waals surface area contributed by atoms with E-state index in [1.807, 2.05) is 0 Å². The van der Waals surface area contributed by atoms with E-state index in [4.69, 9.17) is 11.6 Å². The van der Waals surface area contributed by atoms with Gasteiger partial charge in [-0.05, 0) is 41.5 Å². The standard InChI is InChI=1S/C21H12ClF3N2/c22-19-8-5-15(6-9-19)17(12-26)11-14-1-3-16(4-2-14)20-10-7-18(13-27-20)21(23,24)25/h1-11,13H/b17-11+. The molecule has 1 heterocycles. The number of rotatable bonds is 3. The van der Waals surface area contributed by atoms with Crippen LogP contribution in [0, 0.1) is 11.3 Å².